The molecule has 1 rings (SSSR count). The first-order chi connectivity index (χ1) is 8.48. The molecule has 7 nitrogen and oxygen atoms in total. The monoisotopic (exact) mass is 256 g/mol. The standard InChI is InChI=1S/C11H16N2O5/c1-8-2-3-9(13(17)18)4-10(8)12-11(5-14,6-15)7-16/h2-4,12,14-16H,5-7H2,1H3. The van der Waals surface area contributed by atoms with Crippen molar-refractivity contribution in [2.24, 2.45) is 0 Å². The van der Waals surface area contributed by atoms with Gasteiger partial charge in [-0.2, -0.15) is 0 Å². The van der Waals surface area contributed by atoms with Gasteiger partial charge < -0.3 is 20.6 Å². The van der Waals surface area contributed by atoms with Gasteiger partial charge in [0.2, 0.25) is 0 Å². The number of benzene rings is 1. The largest absolute Gasteiger partial charge is 0.394 e. The highest BCUT2D eigenvalue weighted by atomic mass is 16.6. The first-order valence-electron chi connectivity index (χ1n) is 5.34. The molecule has 0 saturated heterocycles. The van der Waals surface area contributed by atoms with Gasteiger partial charge in [-0.3, -0.25) is 10.1 Å². The zero-order chi connectivity index (χ0) is 13.8. The van der Waals surface area contributed by atoms with Crippen LogP contribution in [0.3, 0.4) is 0 Å². The van der Waals surface area contributed by atoms with Crippen molar-refractivity contribution in [1.29, 1.82) is 0 Å². The maximum Gasteiger partial charge on any atom is 0.271 e. The fourth-order valence-electron chi connectivity index (χ4n) is 1.41. The molecule has 4 N–H and O–H groups in total. The molecule has 0 unspecified atom stereocenters. The van der Waals surface area contributed by atoms with E-state index in [1.807, 2.05) is 0 Å². The third-order valence-corrected chi connectivity index (χ3v) is 2.74. The van der Waals surface area contributed by atoms with Gasteiger partial charge in [0.15, 0.2) is 0 Å². The van der Waals surface area contributed by atoms with Gasteiger partial charge in [-0.15, -0.1) is 0 Å². The van der Waals surface area contributed by atoms with E-state index < -0.39 is 30.3 Å². The number of aryl methyl sites for hydroxylation is 1. The molecule has 0 atom stereocenters. The lowest BCUT2D eigenvalue weighted by molar-refractivity contribution is -0.384. The molecule has 0 aliphatic heterocycles. The molecule has 0 aliphatic rings. The molecule has 0 radical (unpaired) electrons. The minimum Gasteiger partial charge on any atom is -0.394 e. The average molecular weight is 256 g/mol. The lowest BCUT2D eigenvalue weighted by Gasteiger charge is -2.30. The van der Waals surface area contributed by atoms with Crippen molar-refractivity contribution in [2.45, 2.75) is 12.5 Å². The number of non-ortho nitro benzene ring substituents is 1. The van der Waals surface area contributed by atoms with E-state index in [1.54, 1.807) is 13.0 Å². The number of hydrogen-bond donors (Lipinski definition) is 4. The number of rotatable bonds is 6. The number of nitro groups is 1. The van der Waals surface area contributed by atoms with Crippen molar-refractivity contribution in [1.82, 2.24) is 0 Å². The topological polar surface area (TPSA) is 116 Å². The third kappa shape index (κ3) is 2.95. The summed E-state index contributed by atoms with van der Waals surface area (Å²) in [6.07, 6.45) is 0. The van der Waals surface area contributed by atoms with Crippen LogP contribution >= 0.6 is 0 Å². The Labute approximate surface area is 104 Å². The van der Waals surface area contributed by atoms with Crippen LogP contribution in [0.25, 0.3) is 0 Å². The molecule has 1 aromatic rings. The van der Waals surface area contributed by atoms with Crippen LogP contribution in [-0.2, 0) is 0 Å². The van der Waals surface area contributed by atoms with Crippen LogP contribution in [0.1, 0.15) is 5.56 Å². The Kier molecular flexibility index (Phi) is 4.60. The van der Waals surface area contributed by atoms with Gasteiger partial charge in [-0.05, 0) is 12.5 Å². The van der Waals surface area contributed by atoms with Gasteiger partial charge in [-0.25, -0.2) is 0 Å². The summed E-state index contributed by atoms with van der Waals surface area (Å²) in [5, 5.41) is 41.0. The molecular formula is C11H16N2O5. The predicted molar refractivity (Wildman–Crippen MR) is 65.4 cm³/mol. The third-order valence-electron chi connectivity index (χ3n) is 2.74. The van der Waals surface area contributed by atoms with E-state index in [9.17, 15) is 25.4 Å². The molecule has 7 heteroatoms. The molecule has 0 heterocycles. The van der Waals surface area contributed by atoms with Gasteiger partial charge in [-0.1, -0.05) is 6.07 Å². The van der Waals surface area contributed by atoms with Crippen LogP contribution in [0, 0.1) is 17.0 Å². The number of aliphatic hydroxyl groups excluding tert-OH is 3. The van der Waals surface area contributed by atoms with Crippen molar-refractivity contribution >= 4 is 11.4 Å². The fourth-order valence-corrected chi connectivity index (χ4v) is 1.41. The lowest BCUT2D eigenvalue weighted by atomic mass is 10.0. The Balaban J connectivity index is 3.09. The number of anilines is 1. The summed E-state index contributed by atoms with van der Waals surface area (Å²) in [7, 11) is 0. The molecule has 18 heavy (non-hydrogen) atoms. The van der Waals surface area contributed by atoms with Crippen LogP contribution in [-0.4, -0.2) is 45.6 Å². The molecule has 1 aromatic carbocycles. The van der Waals surface area contributed by atoms with Gasteiger partial charge in [0.05, 0.1) is 24.7 Å². The predicted octanol–water partition coefficient (Wildman–Crippen LogP) is 0.0308. The zero-order valence-corrected chi connectivity index (χ0v) is 9.96. The summed E-state index contributed by atoms with van der Waals surface area (Å²) in [6.45, 7) is 0.231. The van der Waals surface area contributed by atoms with E-state index in [-0.39, 0.29) is 5.69 Å². The minimum absolute atomic E-state index is 0.106. The fraction of sp³-hybridized carbons (Fsp3) is 0.455. The summed E-state index contributed by atoms with van der Waals surface area (Å²) >= 11 is 0. The molecule has 0 aromatic heterocycles. The number of hydrogen-bond acceptors (Lipinski definition) is 6. The maximum absolute atomic E-state index is 10.7. The van der Waals surface area contributed by atoms with Crippen molar-refractivity contribution in [3.63, 3.8) is 0 Å². The molecule has 0 amide bonds. The second-order valence-corrected chi connectivity index (χ2v) is 4.14. The van der Waals surface area contributed by atoms with E-state index in [4.69, 9.17) is 0 Å². The quantitative estimate of drug-likeness (QED) is 0.421. The first kappa shape index (κ1) is 14.4. The molecule has 0 saturated carbocycles. The second-order valence-electron chi connectivity index (χ2n) is 4.14. The van der Waals surface area contributed by atoms with E-state index in [0.717, 1.165) is 0 Å². The number of nitro benzene ring substituents is 1. The van der Waals surface area contributed by atoms with Crippen LogP contribution in [0.15, 0.2) is 18.2 Å². The minimum atomic E-state index is -1.31. The first-order valence-corrected chi connectivity index (χ1v) is 5.34. The molecule has 100 valence electrons. The van der Waals surface area contributed by atoms with Gasteiger partial charge in [0.1, 0.15) is 5.54 Å². The highest BCUT2D eigenvalue weighted by molar-refractivity contribution is 5.58. The average Bonchev–Trinajstić information content (AvgIpc) is 2.38. The number of nitrogens with one attached hydrogen (secondary N) is 1. The van der Waals surface area contributed by atoms with Crippen LogP contribution in [0.5, 0.6) is 0 Å². The van der Waals surface area contributed by atoms with Crippen LogP contribution in [0.4, 0.5) is 11.4 Å². The smallest absolute Gasteiger partial charge is 0.271 e. The lowest BCUT2D eigenvalue weighted by Crippen LogP contribution is -2.49. The SMILES string of the molecule is Cc1ccc([N+](=O)[O-])cc1NC(CO)(CO)CO. The molecular weight excluding hydrogens is 240 g/mol. The zero-order valence-electron chi connectivity index (χ0n) is 9.96. The summed E-state index contributed by atoms with van der Waals surface area (Å²) < 4.78 is 0. The summed E-state index contributed by atoms with van der Waals surface area (Å²) in [5.41, 5.74) is -0.313. The highest BCUT2D eigenvalue weighted by Gasteiger charge is 2.28. The van der Waals surface area contributed by atoms with E-state index in [1.165, 1.54) is 12.1 Å². The maximum atomic E-state index is 10.7. The van der Waals surface area contributed by atoms with Gasteiger partial charge in [0, 0.05) is 17.8 Å². The van der Waals surface area contributed by atoms with Crippen molar-refractivity contribution in [2.75, 3.05) is 25.1 Å². The molecule has 0 bridgehead atoms. The molecule has 0 fully saturated rings. The van der Waals surface area contributed by atoms with Gasteiger partial charge in [0.25, 0.3) is 5.69 Å². The highest BCUT2D eigenvalue weighted by Crippen LogP contribution is 2.24. The van der Waals surface area contributed by atoms with E-state index in [0.29, 0.717) is 11.3 Å². The van der Waals surface area contributed by atoms with E-state index in [2.05, 4.69) is 5.32 Å². The Hall–Kier alpha value is -1.70. The van der Waals surface area contributed by atoms with Crippen LogP contribution in [0.2, 0.25) is 0 Å². The van der Waals surface area contributed by atoms with Crippen molar-refractivity contribution < 1.29 is 20.2 Å². The number of aliphatic hydroxyl groups is 3. The molecule has 0 spiro atoms. The van der Waals surface area contributed by atoms with Crippen molar-refractivity contribution in [3.8, 4) is 0 Å². The Morgan fingerprint density at radius 1 is 1.28 bits per heavy atom. The van der Waals surface area contributed by atoms with E-state index >= 15 is 0 Å². The van der Waals surface area contributed by atoms with Gasteiger partial charge >= 0.3 is 0 Å². The normalized spacial score (nSPS) is 11.3. The Bertz CT molecular complexity index is 423. The van der Waals surface area contributed by atoms with Crippen molar-refractivity contribution in [3.05, 3.63) is 33.9 Å². The molecule has 0 aliphatic carbocycles. The summed E-state index contributed by atoms with van der Waals surface area (Å²) in [6, 6.07) is 4.21. The summed E-state index contributed by atoms with van der Waals surface area (Å²) in [4.78, 5) is 10.1. The Morgan fingerprint density at radius 2 is 1.83 bits per heavy atom. The second kappa shape index (κ2) is 5.76. The number of nitrogens with zero attached hydrogens (tertiary/aromatic N) is 1. The Morgan fingerprint density at radius 3 is 2.28 bits per heavy atom. The van der Waals surface area contributed by atoms with Crippen LogP contribution < -0.4 is 5.32 Å². The summed E-state index contributed by atoms with van der Waals surface area (Å²) in [5.74, 6) is 0.